The molecule has 1 N–H and O–H groups in total. The molecule has 0 bridgehead atoms. The molecule has 6 heteroatoms. The zero-order valence-electron chi connectivity index (χ0n) is 9.77. The van der Waals surface area contributed by atoms with Gasteiger partial charge in [0, 0.05) is 17.1 Å². The Morgan fingerprint density at radius 3 is 2.53 bits per heavy atom. The van der Waals surface area contributed by atoms with Gasteiger partial charge in [0.1, 0.15) is 11.5 Å². The fraction of sp³-hybridized carbons (Fsp3) is 0.0769. The zero-order chi connectivity index (χ0) is 13.8. The van der Waals surface area contributed by atoms with Crippen LogP contribution < -0.4 is 5.32 Å². The van der Waals surface area contributed by atoms with E-state index in [-0.39, 0.29) is 11.5 Å². The third kappa shape index (κ3) is 3.51. The summed E-state index contributed by atoms with van der Waals surface area (Å²) in [6.45, 7) is 0.392. The number of hydrogen-bond acceptors (Lipinski definition) is 3. The van der Waals surface area contributed by atoms with Crippen molar-refractivity contribution in [3.63, 3.8) is 0 Å². The van der Waals surface area contributed by atoms with Gasteiger partial charge in [-0.1, -0.05) is 28.1 Å². The van der Waals surface area contributed by atoms with E-state index in [4.69, 9.17) is 0 Å². The van der Waals surface area contributed by atoms with Crippen LogP contribution >= 0.6 is 15.9 Å². The van der Waals surface area contributed by atoms with E-state index >= 15 is 0 Å². The molecule has 2 aromatic rings. The molecular weight excluding hydrogens is 315 g/mol. The average Bonchev–Trinajstić information content (AvgIpc) is 2.39. The van der Waals surface area contributed by atoms with Gasteiger partial charge >= 0.3 is 0 Å². The normalized spacial score (nSPS) is 10.2. The van der Waals surface area contributed by atoms with Crippen LogP contribution in [0.1, 0.15) is 5.56 Å². The van der Waals surface area contributed by atoms with Crippen LogP contribution in [0.15, 0.2) is 46.9 Å². The van der Waals surface area contributed by atoms with Gasteiger partial charge in [0.2, 0.25) is 0 Å². The Kier molecular flexibility index (Phi) is 4.11. The largest absolute Gasteiger partial charge is 0.375 e. The summed E-state index contributed by atoms with van der Waals surface area (Å²) in [5.74, 6) is -0.307. The maximum atomic E-state index is 12.7. The van der Waals surface area contributed by atoms with Gasteiger partial charge in [-0.15, -0.1) is 0 Å². The van der Waals surface area contributed by atoms with Crippen LogP contribution in [0.5, 0.6) is 0 Å². The van der Waals surface area contributed by atoms with Crippen LogP contribution in [0.3, 0.4) is 0 Å². The molecule has 0 atom stereocenters. The van der Waals surface area contributed by atoms with E-state index in [0.29, 0.717) is 16.7 Å². The number of halogens is 2. The second-order valence-electron chi connectivity index (χ2n) is 3.90. The first kappa shape index (κ1) is 13.5. The van der Waals surface area contributed by atoms with Crippen molar-refractivity contribution in [2.75, 3.05) is 5.32 Å². The zero-order valence-corrected chi connectivity index (χ0v) is 11.4. The number of benzene rings is 2. The molecule has 0 spiro atoms. The molecule has 0 aromatic heterocycles. The van der Waals surface area contributed by atoms with Crippen molar-refractivity contribution in [2.45, 2.75) is 6.54 Å². The van der Waals surface area contributed by atoms with Gasteiger partial charge in [-0.25, -0.2) is 4.39 Å². The summed E-state index contributed by atoms with van der Waals surface area (Å²) < 4.78 is 13.4. The quantitative estimate of drug-likeness (QED) is 0.680. The maximum Gasteiger partial charge on any atom is 0.293 e. The van der Waals surface area contributed by atoms with Crippen molar-refractivity contribution in [3.05, 3.63) is 68.4 Å². The molecule has 0 aliphatic heterocycles. The maximum absolute atomic E-state index is 12.7. The molecule has 0 fully saturated rings. The molecule has 0 unspecified atom stereocenters. The van der Waals surface area contributed by atoms with Crippen molar-refractivity contribution in [2.24, 2.45) is 0 Å². The summed E-state index contributed by atoms with van der Waals surface area (Å²) in [7, 11) is 0. The fourth-order valence-electron chi connectivity index (χ4n) is 1.60. The minimum Gasteiger partial charge on any atom is -0.375 e. The van der Waals surface area contributed by atoms with Crippen LogP contribution in [-0.4, -0.2) is 4.92 Å². The number of anilines is 1. The lowest BCUT2D eigenvalue weighted by atomic mass is 10.2. The number of nitrogens with zero attached hydrogens (tertiary/aromatic N) is 1. The SMILES string of the molecule is O=[N+]([O-])c1cc(Br)ccc1NCc1ccc(F)cc1. The van der Waals surface area contributed by atoms with E-state index < -0.39 is 4.92 Å². The van der Waals surface area contributed by atoms with Crippen LogP contribution in [-0.2, 0) is 6.54 Å². The highest BCUT2D eigenvalue weighted by molar-refractivity contribution is 9.10. The van der Waals surface area contributed by atoms with Crippen LogP contribution in [0.2, 0.25) is 0 Å². The van der Waals surface area contributed by atoms with Gasteiger partial charge in [-0.2, -0.15) is 0 Å². The first-order valence-corrected chi connectivity index (χ1v) is 6.28. The highest BCUT2D eigenvalue weighted by Gasteiger charge is 2.13. The Morgan fingerprint density at radius 1 is 1.21 bits per heavy atom. The first-order valence-electron chi connectivity index (χ1n) is 5.48. The van der Waals surface area contributed by atoms with Gasteiger partial charge in [-0.3, -0.25) is 10.1 Å². The second kappa shape index (κ2) is 5.79. The molecule has 0 amide bonds. The van der Waals surface area contributed by atoms with Gasteiger partial charge in [0.15, 0.2) is 0 Å². The first-order chi connectivity index (χ1) is 9.06. The monoisotopic (exact) mass is 324 g/mol. The number of hydrogen-bond donors (Lipinski definition) is 1. The molecule has 19 heavy (non-hydrogen) atoms. The van der Waals surface area contributed by atoms with Crippen molar-refractivity contribution < 1.29 is 9.31 Å². The Labute approximate surface area is 117 Å². The molecule has 0 aliphatic carbocycles. The Hall–Kier alpha value is -1.95. The van der Waals surface area contributed by atoms with E-state index in [0.717, 1.165) is 5.56 Å². The third-order valence-corrected chi connectivity index (χ3v) is 3.05. The minimum absolute atomic E-state index is 0.00325. The smallest absolute Gasteiger partial charge is 0.293 e. The Morgan fingerprint density at radius 2 is 1.89 bits per heavy atom. The highest BCUT2D eigenvalue weighted by atomic mass is 79.9. The lowest BCUT2D eigenvalue weighted by Gasteiger charge is -2.07. The molecule has 0 aliphatic rings. The molecule has 4 nitrogen and oxygen atoms in total. The molecule has 2 aromatic carbocycles. The Bertz CT molecular complexity index is 602. The number of nitro groups is 1. The van der Waals surface area contributed by atoms with E-state index in [9.17, 15) is 14.5 Å². The van der Waals surface area contributed by atoms with Crippen molar-refractivity contribution >= 4 is 27.3 Å². The molecule has 0 radical (unpaired) electrons. The standard InChI is InChI=1S/C13H10BrFN2O2/c14-10-3-6-12(13(7-10)17(18)19)16-8-9-1-4-11(15)5-2-9/h1-7,16H,8H2. The van der Waals surface area contributed by atoms with Crippen molar-refractivity contribution in [1.82, 2.24) is 0 Å². The molecule has 0 saturated heterocycles. The minimum atomic E-state index is -0.447. The predicted molar refractivity (Wildman–Crippen MR) is 74.5 cm³/mol. The summed E-state index contributed by atoms with van der Waals surface area (Å²) in [5, 5.41) is 13.9. The summed E-state index contributed by atoms with van der Waals surface area (Å²) in [6.07, 6.45) is 0. The summed E-state index contributed by atoms with van der Waals surface area (Å²) in [5.41, 5.74) is 1.27. The molecular formula is C13H10BrFN2O2. The van der Waals surface area contributed by atoms with E-state index in [2.05, 4.69) is 21.2 Å². The number of nitrogens with one attached hydrogen (secondary N) is 1. The summed E-state index contributed by atoms with van der Waals surface area (Å²) >= 11 is 3.19. The number of nitro benzene ring substituents is 1. The van der Waals surface area contributed by atoms with Crippen molar-refractivity contribution in [3.8, 4) is 0 Å². The lowest BCUT2D eigenvalue weighted by Crippen LogP contribution is -2.02. The summed E-state index contributed by atoms with van der Waals surface area (Å²) in [4.78, 5) is 10.5. The van der Waals surface area contributed by atoms with Gasteiger partial charge < -0.3 is 5.32 Å². The molecule has 0 heterocycles. The summed E-state index contributed by atoms with van der Waals surface area (Å²) in [6, 6.07) is 10.8. The van der Waals surface area contributed by atoms with Crippen LogP contribution in [0.4, 0.5) is 15.8 Å². The van der Waals surface area contributed by atoms with E-state index in [1.807, 2.05) is 0 Å². The van der Waals surface area contributed by atoms with Gasteiger partial charge in [0.05, 0.1) is 4.92 Å². The van der Waals surface area contributed by atoms with Gasteiger partial charge in [-0.05, 0) is 29.8 Å². The molecule has 98 valence electrons. The third-order valence-electron chi connectivity index (χ3n) is 2.55. The molecule has 0 saturated carbocycles. The van der Waals surface area contributed by atoms with Gasteiger partial charge in [0.25, 0.3) is 5.69 Å². The second-order valence-corrected chi connectivity index (χ2v) is 4.81. The highest BCUT2D eigenvalue weighted by Crippen LogP contribution is 2.28. The van der Waals surface area contributed by atoms with Crippen LogP contribution in [0.25, 0.3) is 0 Å². The Balaban J connectivity index is 2.15. The molecule has 2 rings (SSSR count). The topological polar surface area (TPSA) is 55.2 Å². The fourth-order valence-corrected chi connectivity index (χ4v) is 1.95. The average molecular weight is 325 g/mol. The van der Waals surface area contributed by atoms with E-state index in [1.54, 1.807) is 24.3 Å². The van der Waals surface area contributed by atoms with E-state index in [1.165, 1.54) is 18.2 Å². The number of rotatable bonds is 4. The predicted octanol–water partition coefficient (Wildman–Crippen LogP) is 4.11. The van der Waals surface area contributed by atoms with Crippen LogP contribution in [0, 0.1) is 15.9 Å². The lowest BCUT2D eigenvalue weighted by molar-refractivity contribution is -0.384. The van der Waals surface area contributed by atoms with Crippen molar-refractivity contribution in [1.29, 1.82) is 0 Å².